The Kier molecular flexibility index (Phi) is 2.58. The van der Waals surface area contributed by atoms with Crippen LogP contribution in [0.4, 0.5) is 0 Å². The lowest BCUT2D eigenvalue weighted by Gasteiger charge is -2.04. The van der Waals surface area contributed by atoms with Crippen LogP contribution in [0.15, 0.2) is 12.3 Å². The van der Waals surface area contributed by atoms with Crippen molar-refractivity contribution >= 4 is 0 Å². The average Bonchev–Trinajstić information content (AvgIpc) is 1.93. The summed E-state index contributed by atoms with van der Waals surface area (Å²) in [5, 5.41) is 7.85. The summed E-state index contributed by atoms with van der Waals surface area (Å²) in [7, 11) is 0. The molecule has 0 aromatic carbocycles. The highest BCUT2D eigenvalue weighted by Crippen LogP contribution is 2.07. The van der Waals surface area contributed by atoms with Crippen molar-refractivity contribution in [2.75, 3.05) is 0 Å². The first-order valence-corrected chi connectivity index (χ1v) is 3.80. The maximum atomic E-state index is 4.03. The maximum Gasteiger partial charge on any atom is 0.0662 e. The van der Waals surface area contributed by atoms with Gasteiger partial charge in [-0.3, -0.25) is 0 Å². The van der Waals surface area contributed by atoms with Gasteiger partial charge >= 0.3 is 0 Å². The Morgan fingerprint density at radius 3 is 2.91 bits per heavy atom. The molecule has 0 N–H and O–H groups in total. The molecule has 0 aliphatic carbocycles. The largest absolute Gasteiger partial charge is 0.159 e. The second-order valence-electron chi connectivity index (χ2n) is 2.97. The summed E-state index contributed by atoms with van der Waals surface area (Å²) in [5.74, 6) is 0.408. The van der Waals surface area contributed by atoms with E-state index in [0.717, 1.165) is 12.1 Å². The van der Waals surface area contributed by atoms with Crippen molar-refractivity contribution in [3.63, 3.8) is 0 Å². The van der Waals surface area contributed by atoms with Crippen LogP contribution in [0.2, 0.25) is 0 Å². The maximum absolute atomic E-state index is 4.03. The van der Waals surface area contributed by atoms with Gasteiger partial charge in [-0.25, -0.2) is 0 Å². The van der Waals surface area contributed by atoms with Crippen molar-refractivity contribution in [1.29, 1.82) is 0 Å². The predicted octanol–water partition coefficient (Wildman–Crippen LogP) is 1.80. The molecule has 1 aromatic rings. The lowest BCUT2D eigenvalue weighted by molar-refractivity contribution is 0.686. The van der Waals surface area contributed by atoms with Crippen molar-refractivity contribution in [3.8, 4) is 0 Å². The van der Waals surface area contributed by atoms with E-state index in [4.69, 9.17) is 0 Å². The van der Waals surface area contributed by atoms with Gasteiger partial charge in [0, 0.05) is 6.20 Å². The van der Waals surface area contributed by atoms with Gasteiger partial charge in [-0.1, -0.05) is 13.8 Å². The summed E-state index contributed by atoms with van der Waals surface area (Å²) < 4.78 is 0. The number of hydrogen-bond donors (Lipinski definition) is 0. The molecule has 1 rings (SSSR count). The minimum atomic E-state index is 0.408. The van der Waals surface area contributed by atoms with E-state index in [1.165, 1.54) is 5.56 Å². The summed E-state index contributed by atoms with van der Waals surface area (Å²) in [4.78, 5) is 0. The van der Waals surface area contributed by atoms with Crippen molar-refractivity contribution in [2.24, 2.45) is 5.92 Å². The van der Waals surface area contributed by atoms with Crippen LogP contribution in [0.25, 0.3) is 0 Å². The van der Waals surface area contributed by atoms with E-state index in [0.29, 0.717) is 5.92 Å². The van der Waals surface area contributed by atoms with Gasteiger partial charge in [0.2, 0.25) is 0 Å². The minimum Gasteiger partial charge on any atom is -0.159 e. The summed E-state index contributed by atoms with van der Waals surface area (Å²) in [6.45, 7) is 8.03. The number of rotatable bonds is 2. The van der Waals surface area contributed by atoms with Crippen molar-refractivity contribution < 1.29 is 0 Å². The van der Waals surface area contributed by atoms with Crippen molar-refractivity contribution in [1.82, 2.24) is 10.2 Å². The molecular weight excluding hydrogens is 136 g/mol. The monoisotopic (exact) mass is 149 g/mol. The molecule has 0 aliphatic heterocycles. The minimum absolute atomic E-state index is 0.408. The first kappa shape index (κ1) is 8.18. The molecule has 0 amide bonds. The zero-order chi connectivity index (χ0) is 8.27. The highest BCUT2D eigenvalue weighted by atomic mass is 15.1. The van der Waals surface area contributed by atoms with E-state index < -0.39 is 0 Å². The third-order valence-electron chi connectivity index (χ3n) is 1.57. The molecule has 0 saturated carbocycles. The molecule has 0 saturated heterocycles. The van der Waals surface area contributed by atoms with Gasteiger partial charge in [0.05, 0.1) is 5.69 Å². The van der Waals surface area contributed by atoms with Crippen LogP contribution in [0.3, 0.4) is 0 Å². The van der Waals surface area contributed by atoms with Crippen LogP contribution < -0.4 is 0 Å². The van der Waals surface area contributed by atoms with Gasteiger partial charge < -0.3 is 0 Å². The zero-order valence-corrected chi connectivity index (χ0v) is 7.04. The Morgan fingerprint density at radius 2 is 2.36 bits per heavy atom. The van der Waals surface area contributed by atoms with E-state index in [-0.39, 0.29) is 0 Å². The zero-order valence-electron chi connectivity index (χ0n) is 7.04. The van der Waals surface area contributed by atoms with E-state index >= 15 is 0 Å². The molecule has 0 aliphatic rings. The Morgan fingerprint density at radius 1 is 1.64 bits per heavy atom. The number of hydrogen-bond acceptors (Lipinski definition) is 2. The van der Waals surface area contributed by atoms with E-state index in [9.17, 15) is 0 Å². The summed E-state index contributed by atoms with van der Waals surface area (Å²) >= 11 is 0. The molecule has 0 fully saturated rings. The normalized spacial score (nSPS) is 10.5. The molecule has 2 nitrogen and oxygen atoms in total. The quantitative estimate of drug-likeness (QED) is 0.640. The molecule has 0 spiro atoms. The third-order valence-corrected chi connectivity index (χ3v) is 1.57. The summed E-state index contributed by atoms with van der Waals surface area (Å²) in [5.41, 5.74) is 2.27. The fourth-order valence-corrected chi connectivity index (χ4v) is 0.955. The highest BCUT2D eigenvalue weighted by molar-refractivity contribution is 5.15. The number of aryl methyl sites for hydroxylation is 1. The Labute approximate surface area is 67.7 Å². The van der Waals surface area contributed by atoms with Crippen LogP contribution in [0, 0.1) is 19.8 Å². The molecule has 1 atom stereocenters. The topological polar surface area (TPSA) is 25.8 Å². The van der Waals surface area contributed by atoms with Gasteiger partial charge in [-0.05, 0) is 30.9 Å². The Bertz CT molecular complexity index is 231. The van der Waals surface area contributed by atoms with E-state index in [2.05, 4.69) is 24.0 Å². The van der Waals surface area contributed by atoms with Crippen LogP contribution in [0.1, 0.15) is 18.2 Å². The molecule has 0 bridgehead atoms. The second-order valence-corrected chi connectivity index (χ2v) is 2.97. The first-order valence-electron chi connectivity index (χ1n) is 3.80. The lowest BCUT2D eigenvalue weighted by atomic mass is 10.1. The average molecular weight is 149 g/mol. The SMILES string of the molecule is [CH2]C(C)Cc1nnccc1C. The number of nitrogens with zero attached hydrogens (tertiary/aromatic N) is 2. The highest BCUT2D eigenvalue weighted by Gasteiger charge is 2.01. The van der Waals surface area contributed by atoms with Crippen LogP contribution in [-0.2, 0) is 6.42 Å². The van der Waals surface area contributed by atoms with Crippen LogP contribution in [0.5, 0.6) is 0 Å². The van der Waals surface area contributed by atoms with Gasteiger partial charge in [0.1, 0.15) is 0 Å². The van der Waals surface area contributed by atoms with Gasteiger partial charge in [0.15, 0.2) is 0 Å². The standard InChI is InChI=1S/C9H13N2/c1-7(2)6-9-8(3)4-5-10-11-9/h4-5,7H,1,6H2,2-3H3. The third kappa shape index (κ3) is 2.30. The fraction of sp³-hybridized carbons (Fsp3) is 0.444. The van der Waals surface area contributed by atoms with E-state index in [1.54, 1.807) is 6.20 Å². The van der Waals surface area contributed by atoms with E-state index in [1.807, 2.05) is 13.0 Å². The number of aromatic nitrogens is 2. The van der Waals surface area contributed by atoms with Gasteiger partial charge in [-0.2, -0.15) is 10.2 Å². The second kappa shape index (κ2) is 3.46. The predicted molar refractivity (Wildman–Crippen MR) is 45.0 cm³/mol. The molecule has 1 heterocycles. The smallest absolute Gasteiger partial charge is 0.0662 e. The van der Waals surface area contributed by atoms with Crippen molar-refractivity contribution in [2.45, 2.75) is 20.3 Å². The molecule has 1 aromatic heterocycles. The molecule has 11 heavy (non-hydrogen) atoms. The summed E-state index contributed by atoms with van der Waals surface area (Å²) in [6.07, 6.45) is 2.63. The molecule has 1 unspecified atom stereocenters. The molecule has 1 radical (unpaired) electrons. The molecule has 2 heteroatoms. The Balaban J connectivity index is 2.78. The molecular formula is C9H13N2. The lowest BCUT2D eigenvalue weighted by Crippen LogP contribution is -2.01. The van der Waals surface area contributed by atoms with Gasteiger partial charge in [-0.15, -0.1) is 0 Å². The van der Waals surface area contributed by atoms with Crippen molar-refractivity contribution in [3.05, 3.63) is 30.4 Å². The fourth-order valence-electron chi connectivity index (χ4n) is 0.955. The summed E-state index contributed by atoms with van der Waals surface area (Å²) in [6, 6.07) is 1.98. The van der Waals surface area contributed by atoms with Gasteiger partial charge in [0.25, 0.3) is 0 Å². The van der Waals surface area contributed by atoms with Crippen LogP contribution in [-0.4, -0.2) is 10.2 Å². The first-order chi connectivity index (χ1) is 5.20. The van der Waals surface area contributed by atoms with Crippen LogP contribution >= 0.6 is 0 Å². The molecule has 59 valence electrons. The Hall–Kier alpha value is -0.920.